The summed E-state index contributed by atoms with van der Waals surface area (Å²) in [5, 5.41) is 8.20. The summed E-state index contributed by atoms with van der Waals surface area (Å²) in [7, 11) is 0. The van der Waals surface area contributed by atoms with E-state index in [1.54, 1.807) is 6.07 Å². The maximum absolute atomic E-state index is 12.3. The number of rotatable bonds is 1. The first kappa shape index (κ1) is 6.69. The second kappa shape index (κ2) is 2.92. The Morgan fingerprint density at radius 3 is 3.00 bits per heavy atom. The smallest absolute Gasteiger partial charge is 0.213 e. The third kappa shape index (κ3) is 1.52. The Morgan fingerprint density at radius 1 is 1.60 bits per heavy atom. The van der Waals surface area contributed by atoms with Crippen molar-refractivity contribution < 1.29 is 4.39 Å². The summed E-state index contributed by atoms with van der Waals surface area (Å²) < 4.78 is 12.3. The summed E-state index contributed by atoms with van der Waals surface area (Å²) in [6.07, 6.45) is 0.164. The lowest BCUT2D eigenvalue weighted by atomic mass is 10.3. The summed E-state index contributed by atoms with van der Waals surface area (Å²) in [6.45, 7) is 0. The van der Waals surface area contributed by atoms with Gasteiger partial charge in [0.2, 0.25) is 5.95 Å². The van der Waals surface area contributed by atoms with Crippen LogP contribution in [0.3, 0.4) is 0 Å². The Bertz CT molecular complexity index is 265. The van der Waals surface area contributed by atoms with Crippen molar-refractivity contribution in [3.05, 3.63) is 29.8 Å². The number of pyridine rings is 1. The largest absolute Gasteiger partial charge is 0.224 e. The molecule has 0 amide bonds. The van der Waals surface area contributed by atoms with Crippen LogP contribution in [-0.2, 0) is 6.42 Å². The predicted molar refractivity (Wildman–Crippen MR) is 33.5 cm³/mol. The minimum atomic E-state index is -0.534. The number of nitriles is 1. The Balaban J connectivity index is 2.87. The first-order chi connectivity index (χ1) is 4.83. The second-order valence-corrected chi connectivity index (χ2v) is 1.79. The lowest BCUT2D eigenvalue weighted by Gasteiger charge is -1.90. The molecule has 0 saturated heterocycles. The lowest BCUT2D eigenvalue weighted by Crippen LogP contribution is -1.89. The number of halogens is 1. The lowest BCUT2D eigenvalue weighted by molar-refractivity contribution is 0.579. The van der Waals surface area contributed by atoms with E-state index in [0.717, 1.165) is 0 Å². The van der Waals surface area contributed by atoms with E-state index in [1.807, 2.05) is 6.07 Å². The highest BCUT2D eigenvalue weighted by Crippen LogP contribution is 1.96. The minimum Gasteiger partial charge on any atom is -0.224 e. The molecule has 0 radical (unpaired) electrons. The molecule has 2 nitrogen and oxygen atoms in total. The van der Waals surface area contributed by atoms with E-state index < -0.39 is 5.95 Å². The van der Waals surface area contributed by atoms with Crippen molar-refractivity contribution >= 4 is 0 Å². The Kier molecular flexibility index (Phi) is 1.96. The van der Waals surface area contributed by atoms with Crippen LogP contribution in [0.4, 0.5) is 4.39 Å². The minimum absolute atomic E-state index is 0.164. The highest BCUT2D eigenvalue weighted by Gasteiger charge is 1.93. The summed E-state index contributed by atoms with van der Waals surface area (Å²) >= 11 is 0. The monoisotopic (exact) mass is 136 g/mol. The molecule has 0 bridgehead atoms. The standard InChI is InChI=1S/C7H5FN2/c8-7-3-1-2-6(10-7)4-5-9/h1-3H,4H2. The first-order valence-corrected chi connectivity index (χ1v) is 2.81. The van der Waals surface area contributed by atoms with Gasteiger partial charge in [-0.25, -0.2) is 4.98 Å². The van der Waals surface area contributed by atoms with Crippen LogP contribution >= 0.6 is 0 Å². The molecule has 1 aromatic rings. The molecule has 0 fully saturated rings. The van der Waals surface area contributed by atoms with E-state index in [2.05, 4.69) is 4.98 Å². The van der Waals surface area contributed by atoms with Crippen LogP contribution in [0.2, 0.25) is 0 Å². The molecule has 50 valence electrons. The molecule has 0 aromatic carbocycles. The number of hydrogen-bond donors (Lipinski definition) is 0. The zero-order valence-electron chi connectivity index (χ0n) is 5.21. The van der Waals surface area contributed by atoms with Crippen molar-refractivity contribution in [3.63, 3.8) is 0 Å². The summed E-state index contributed by atoms with van der Waals surface area (Å²) in [4.78, 5) is 3.47. The number of aromatic nitrogens is 1. The van der Waals surface area contributed by atoms with E-state index in [1.165, 1.54) is 12.1 Å². The molecule has 0 spiro atoms. The van der Waals surface area contributed by atoms with Crippen molar-refractivity contribution in [3.8, 4) is 6.07 Å². The van der Waals surface area contributed by atoms with Gasteiger partial charge in [0.25, 0.3) is 0 Å². The van der Waals surface area contributed by atoms with Gasteiger partial charge in [-0.3, -0.25) is 0 Å². The molecule has 0 saturated carbocycles. The van der Waals surface area contributed by atoms with E-state index in [0.29, 0.717) is 5.69 Å². The van der Waals surface area contributed by atoms with Crippen molar-refractivity contribution in [2.75, 3.05) is 0 Å². The van der Waals surface area contributed by atoms with Crippen LogP contribution in [0.15, 0.2) is 18.2 Å². The van der Waals surface area contributed by atoms with Crippen molar-refractivity contribution in [2.24, 2.45) is 0 Å². The van der Waals surface area contributed by atoms with Crippen LogP contribution in [-0.4, -0.2) is 4.98 Å². The van der Waals surface area contributed by atoms with Gasteiger partial charge in [-0.2, -0.15) is 9.65 Å². The average Bonchev–Trinajstić information content (AvgIpc) is 1.88. The van der Waals surface area contributed by atoms with Crippen LogP contribution in [0, 0.1) is 17.3 Å². The molecule has 1 aromatic heterocycles. The summed E-state index contributed by atoms with van der Waals surface area (Å²) in [5.41, 5.74) is 0.475. The molecule has 0 aliphatic carbocycles. The molecule has 10 heavy (non-hydrogen) atoms. The third-order valence-corrected chi connectivity index (χ3v) is 1.03. The Hall–Kier alpha value is -1.43. The molecule has 0 aliphatic rings. The van der Waals surface area contributed by atoms with Gasteiger partial charge in [-0.05, 0) is 12.1 Å². The SMILES string of the molecule is N#CCc1cccc(F)n1. The van der Waals surface area contributed by atoms with Crippen LogP contribution in [0.1, 0.15) is 5.69 Å². The molecule has 1 rings (SSSR count). The predicted octanol–water partition coefficient (Wildman–Crippen LogP) is 1.29. The molecule has 0 aliphatic heterocycles. The zero-order valence-corrected chi connectivity index (χ0v) is 5.21. The van der Waals surface area contributed by atoms with E-state index in [9.17, 15) is 4.39 Å². The topological polar surface area (TPSA) is 36.7 Å². The van der Waals surface area contributed by atoms with E-state index >= 15 is 0 Å². The van der Waals surface area contributed by atoms with Crippen molar-refractivity contribution in [2.45, 2.75) is 6.42 Å². The highest BCUT2D eigenvalue weighted by molar-refractivity contribution is 5.08. The maximum Gasteiger partial charge on any atom is 0.213 e. The average molecular weight is 136 g/mol. The molecule has 1 heterocycles. The van der Waals surface area contributed by atoms with Crippen molar-refractivity contribution in [1.29, 1.82) is 5.26 Å². The zero-order chi connectivity index (χ0) is 7.40. The Labute approximate surface area is 57.9 Å². The fourth-order valence-electron chi connectivity index (χ4n) is 0.630. The Morgan fingerprint density at radius 2 is 2.40 bits per heavy atom. The van der Waals surface area contributed by atoms with Gasteiger partial charge >= 0.3 is 0 Å². The molecule has 0 N–H and O–H groups in total. The second-order valence-electron chi connectivity index (χ2n) is 1.79. The van der Waals surface area contributed by atoms with Gasteiger partial charge in [-0.15, -0.1) is 0 Å². The van der Waals surface area contributed by atoms with Crippen LogP contribution in [0.25, 0.3) is 0 Å². The van der Waals surface area contributed by atoms with Gasteiger partial charge in [0, 0.05) is 0 Å². The fraction of sp³-hybridized carbons (Fsp3) is 0.143. The highest BCUT2D eigenvalue weighted by atomic mass is 19.1. The number of hydrogen-bond acceptors (Lipinski definition) is 2. The van der Waals surface area contributed by atoms with Gasteiger partial charge in [0.15, 0.2) is 0 Å². The van der Waals surface area contributed by atoms with Crippen LogP contribution < -0.4 is 0 Å². The first-order valence-electron chi connectivity index (χ1n) is 2.81. The van der Waals surface area contributed by atoms with Gasteiger partial charge in [-0.1, -0.05) is 6.07 Å². The van der Waals surface area contributed by atoms with Crippen LogP contribution in [0.5, 0.6) is 0 Å². The molecular weight excluding hydrogens is 131 g/mol. The maximum atomic E-state index is 12.3. The number of nitrogens with zero attached hydrogens (tertiary/aromatic N) is 2. The summed E-state index contributed by atoms with van der Waals surface area (Å²) in [6, 6.07) is 6.29. The molecule has 0 atom stereocenters. The molecular formula is C7H5FN2. The quantitative estimate of drug-likeness (QED) is 0.545. The van der Waals surface area contributed by atoms with Gasteiger partial charge in [0.05, 0.1) is 18.2 Å². The molecule has 0 unspecified atom stereocenters. The third-order valence-electron chi connectivity index (χ3n) is 1.03. The summed E-state index contributed by atoms with van der Waals surface area (Å²) in [5.74, 6) is -0.534. The van der Waals surface area contributed by atoms with Crippen molar-refractivity contribution in [1.82, 2.24) is 4.98 Å². The normalized spacial score (nSPS) is 8.80. The van der Waals surface area contributed by atoms with Gasteiger partial charge in [0.1, 0.15) is 0 Å². The molecule has 3 heteroatoms. The fourth-order valence-corrected chi connectivity index (χ4v) is 0.630. The van der Waals surface area contributed by atoms with E-state index in [-0.39, 0.29) is 6.42 Å². The van der Waals surface area contributed by atoms with E-state index in [4.69, 9.17) is 5.26 Å². The van der Waals surface area contributed by atoms with Gasteiger partial charge < -0.3 is 0 Å².